The van der Waals surface area contributed by atoms with Crippen LogP contribution in [0.4, 0.5) is 35.1 Å². The van der Waals surface area contributed by atoms with E-state index < -0.39 is 52.2 Å². The summed E-state index contributed by atoms with van der Waals surface area (Å²) in [5, 5.41) is 0. The highest BCUT2D eigenvalue weighted by atomic mass is 19.4. The summed E-state index contributed by atoms with van der Waals surface area (Å²) in [5.74, 6) is -1.55. The number of benzene rings is 2. The number of likely N-dealkylation sites (tertiary alicyclic amines) is 1. The minimum absolute atomic E-state index is 0.0226. The van der Waals surface area contributed by atoms with Crippen molar-refractivity contribution in [3.8, 4) is 0 Å². The predicted octanol–water partition coefficient (Wildman–Crippen LogP) is 7.19. The molecule has 2 nitrogen and oxygen atoms in total. The Balaban J connectivity index is 1.81. The highest BCUT2D eigenvalue weighted by Crippen LogP contribution is 2.52. The van der Waals surface area contributed by atoms with Crippen molar-refractivity contribution in [3.05, 3.63) is 70.5 Å². The Bertz CT molecular complexity index is 1180. The molecule has 1 saturated heterocycles. The first-order valence-corrected chi connectivity index (χ1v) is 11.9. The Morgan fingerprint density at radius 3 is 2.14 bits per heavy atom. The Labute approximate surface area is 209 Å². The van der Waals surface area contributed by atoms with Gasteiger partial charge in [-0.25, -0.2) is 8.78 Å². The summed E-state index contributed by atoms with van der Waals surface area (Å²) >= 11 is 0. The standard InChI is InChI=1S/C27H27F8NO/c1-23(2,26(30,31)32)22(37)36-13-12-25(15-16-4-8-19(28)9-5-16)20-10-7-18(24(3,29)27(33,34)35)14-17(20)6-11-21(25)36/h4-5,7-10,14,21H,6,11-13,15H2,1-3H3/t21-,24?,25-/m1/s1. The molecule has 1 aliphatic heterocycles. The van der Waals surface area contributed by atoms with E-state index in [9.17, 15) is 39.9 Å². The minimum atomic E-state index is -5.13. The molecular formula is C27H27F8NO. The first kappa shape index (κ1) is 27.4. The van der Waals surface area contributed by atoms with Crippen LogP contribution in [0.15, 0.2) is 42.5 Å². The maximum Gasteiger partial charge on any atom is 0.426 e. The fourth-order valence-corrected chi connectivity index (χ4v) is 5.71. The van der Waals surface area contributed by atoms with E-state index in [0.29, 0.717) is 23.6 Å². The van der Waals surface area contributed by atoms with E-state index >= 15 is 0 Å². The topological polar surface area (TPSA) is 20.3 Å². The zero-order chi connectivity index (χ0) is 27.6. The Morgan fingerprint density at radius 1 is 0.946 bits per heavy atom. The molecule has 0 spiro atoms. The lowest BCUT2D eigenvalue weighted by Crippen LogP contribution is -2.55. The quantitative estimate of drug-likeness (QED) is 0.381. The molecule has 1 fully saturated rings. The van der Waals surface area contributed by atoms with Crippen LogP contribution in [0.2, 0.25) is 0 Å². The smallest absolute Gasteiger partial charge is 0.338 e. The Kier molecular flexibility index (Phi) is 6.44. The van der Waals surface area contributed by atoms with Crippen LogP contribution in [0.3, 0.4) is 0 Å². The lowest BCUT2D eigenvalue weighted by atomic mass is 9.63. The number of nitrogens with zero attached hydrogens (tertiary/aromatic N) is 1. The molecule has 4 rings (SSSR count). The molecule has 0 N–H and O–H groups in total. The molecule has 0 bridgehead atoms. The van der Waals surface area contributed by atoms with Gasteiger partial charge >= 0.3 is 12.4 Å². The fourth-order valence-electron chi connectivity index (χ4n) is 5.71. The number of hydrogen-bond acceptors (Lipinski definition) is 1. The van der Waals surface area contributed by atoms with Gasteiger partial charge < -0.3 is 4.90 Å². The second-order valence-corrected chi connectivity index (χ2v) is 10.8. The van der Waals surface area contributed by atoms with Crippen molar-refractivity contribution in [1.29, 1.82) is 0 Å². The molecule has 202 valence electrons. The average Bonchev–Trinajstić information content (AvgIpc) is 3.17. The molecule has 0 aromatic heterocycles. The summed E-state index contributed by atoms with van der Waals surface area (Å²) in [4.78, 5) is 14.4. The molecule has 1 heterocycles. The number of alkyl halides is 7. The molecular weight excluding hydrogens is 506 g/mol. The van der Waals surface area contributed by atoms with Crippen molar-refractivity contribution >= 4 is 5.91 Å². The van der Waals surface area contributed by atoms with Crippen LogP contribution in [0, 0.1) is 11.2 Å². The molecule has 1 amide bonds. The molecule has 2 aliphatic rings. The molecule has 3 atom stereocenters. The summed E-state index contributed by atoms with van der Waals surface area (Å²) < 4.78 is 110. The Hall–Kier alpha value is -2.65. The highest BCUT2D eigenvalue weighted by molar-refractivity contribution is 5.84. The third kappa shape index (κ3) is 4.40. The van der Waals surface area contributed by atoms with Crippen molar-refractivity contribution in [3.63, 3.8) is 0 Å². The maximum atomic E-state index is 14.7. The van der Waals surface area contributed by atoms with Gasteiger partial charge in [-0.15, -0.1) is 0 Å². The van der Waals surface area contributed by atoms with Crippen molar-refractivity contribution in [2.75, 3.05) is 6.54 Å². The summed E-state index contributed by atoms with van der Waals surface area (Å²) in [6.45, 7) is 2.13. The summed E-state index contributed by atoms with van der Waals surface area (Å²) in [6.07, 6.45) is -9.06. The van der Waals surface area contributed by atoms with E-state index in [0.717, 1.165) is 19.9 Å². The van der Waals surface area contributed by atoms with E-state index in [4.69, 9.17) is 0 Å². The summed E-state index contributed by atoms with van der Waals surface area (Å²) in [5.41, 5.74) is -5.99. The molecule has 0 radical (unpaired) electrons. The van der Waals surface area contributed by atoms with E-state index in [1.54, 1.807) is 0 Å². The Morgan fingerprint density at radius 2 is 1.57 bits per heavy atom. The number of carbonyl (C=O) groups is 1. The van der Waals surface area contributed by atoms with Gasteiger partial charge in [-0.1, -0.05) is 30.3 Å². The van der Waals surface area contributed by atoms with E-state index in [1.165, 1.54) is 41.3 Å². The molecule has 10 heteroatoms. The van der Waals surface area contributed by atoms with Crippen LogP contribution < -0.4 is 0 Å². The normalized spacial score (nSPS) is 23.9. The zero-order valence-electron chi connectivity index (χ0n) is 20.5. The largest absolute Gasteiger partial charge is 0.426 e. The van der Waals surface area contributed by atoms with Crippen LogP contribution in [0.25, 0.3) is 0 Å². The first-order chi connectivity index (χ1) is 16.9. The van der Waals surface area contributed by atoms with Gasteiger partial charge in [-0.2, -0.15) is 26.3 Å². The highest BCUT2D eigenvalue weighted by Gasteiger charge is 2.60. The molecule has 1 unspecified atom stereocenters. The van der Waals surface area contributed by atoms with Gasteiger partial charge in [-0.05, 0) is 80.8 Å². The number of aryl methyl sites for hydroxylation is 1. The summed E-state index contributed by atoms with van der Waals surface area (Å²) in [7, 11) is 0. The van der Waals surface area contributed by atoms with Crippen LogP contribution >= 0.6 is 0 Å². The van der Waals surface area contributed by atoms with Crippen molar-refractivity contribution in [2.24, 2.45) is 5.41 Å². The van der Waals surface area contributed by atoms with Gasteiger partial charge in [-0.3, -0.25) is 4.79 Å². The molecule has 2 aromatic rings. The third-order valence-corrected chi connectivity index (χ3v) is 8.15. The number of halogens is 8. The van der Waals surface area contributed by atoms with Gasteiger partial charge in [0.05, 0.1) is 0 Å². The maximum absolute atomic E-state index is 14.7. The SMILES string of the molecule is CC(C)(C(=O)N1CC[C@@]2(Cc3ccc(F)cc3)c3ccc(C(C)(F)C(F)(F)F)cc3CC[C@@H]12)C(F)(F)F. The predicted molar refractivity (Wildman–Crippen MR) is 121 cm³/mol. The van der Waals surface area contributed by atoms with E-state index in [2.05, 4.69) is 0 Å². The second-order valence-electron chi connectivity index (χ2n) is 10.8. The third-order valence-electron chi connectivity index (χ3n) is 8.15. The van der Waals surface area contributed by atoms with E-state index in [1.807, 2.05) is 0 Å². The lowest BCUT2D eigenvalue weighted by Gasteiger charge is -2.45. The van der Waals surface area contributed by atoms with Crippen molar-refractivity contribution in [1.82, 2.24) is 4.90 Å². The number of hydrogen-bond donors (Lipinski definition) is 0. The van der Waals surface area contributed by atoms with Crippen LogP contribution in [-0.2, 0) is 28.7 Å². The molecule has 37 heavy (non-hydrogen) atoms. The fraction of sp³-hybridized carbons (Fsp3) is 0.519. The van der Waals surface area contributed by atoms with Crippen molar-refractivity contribution < 1.29 is 39.9 Å². The van der Waals surface area contributed by atoms with Gasteiger partial charge in [0.15, 0.2) is 0 Å². The summed E-state index contributed by atoms with van der Waals surface area (Å²) in [6, 6.07) is 8.55. The van der Waals surface area contributed by atoms with Gasteiger partial charge in [0.2, 0.25) is 11.6 Å². The van der Waals surface area contributed by atoms with Crippen LogP contribution in [0.1, 0.15) is 55.9 Å². The van der Waals surface area contributed by atoms with Gasteiger partial charge in [0, 0.05) is 18.0 Å². The van der Waals surface area contributed by atoms with Crippen molar-refractivity contribution in [2.45, 2.75) is 75.9 Å². The molecule has 2 aromatic carbocycles. The molecule has 0 saturated carbocycles. The van der Waals surface area contributed by atoms with Gasteiger partial charge in [0.1, 0.15) is 11.2 Å². The number of fused-ring (bicyclic) bond motifs is 3. The number of amides is 1. The number of carbonyl (C=O) groups excluding carboxylic acids is 1. The number of rotatable bonds is 4. The second kappa shape index (κ2) is 8.70. The van der Waals surface area contributed by atoms with Crippen LogP contribution in [-0.4, -0.2) is 35.7 Å². The van der Waals surface area contributed by atoms with E-state index in [-0.39, 0.29) is 32.2 Å². The van der Waals surface area contributed by atoms with Gasteiger partial charge in [0.25, 0.3) is 0 Å². The lowest BCUT2D eigenvalue weighted by molar-refractivity contribution is -0.228. The molecule has 1 aliphatic carbocycles. The monoisotopic (exact) mass is 533 g/mol. The zero-order valence-corrected chi connectivity index (χ0v) is 20.5. The first-order valence-electron chi connectivity index (χ1n) is 11.9. The average molecular weight is 534 g/mol. The van der Waals surface area contributed by atoms with Crippen LogP contribution in [0.5, 0.6) is 0 Å². The minimum Gasteiger partial charge on any atom is -0.338 e.